The average Bonchev–Trinajstić information content (AvgIpc) is 2.84. The van der Waals surface area contributed by atoms with Crippen molar-refractivity contribution in [1.82, 2.24) is 14.1 Å². The molecule has 1 N–H and O–H groups in total. The fourth-order valence-electron chi connectivity index (χ4n) is 2.12. The number of carboxylic acid groups (broad SMARTS) is 1. The minimum atomic E-state index is -3.57. The Balaban J connectivity index is 2.21. The van der Waals surface area contributed by atoms with Gasteiger partial charge in [-0.05, 0) is 11.8 Å². The highest BCUT2D eigenvalue weighted by molar-refractivity contribution is 7.89. The summed E-state index contributed by atoms with van der Waals surface area (Å²) in [7, 11) is -3.57. The van der Waals surface area contributed by atoms with Gasteiger partial charge < -0.3 is 5.11 Å². The molecular formula is C11H17N3O4S. The van der Waals surface area contributed by atoms with Gasteiger partial charge in [0.25, 0.3) is 0 Å². The fraction of sp³-hybridized carbons (Fsp3) is 0.636. The van der Waals surface area contributed by atoms with Crippen LogP contribution >= 0.6 is 0 Å². The summed E-state index contributed by atoms with van der Waals surface area (Å²) in [5.74, 6) is -1.06. The number of carbonyl (C=O) groups is 1. The standard InChI is InChI=1S/C11H17N3O4S/c1-11(2)3-4-14(8-11)19(17,18)9-5-12-13(6-9)7-10(15)16/h5-6H,3-4,7-8H2,1-2H3,(H,15,16). The molecule has 2 rings (SSSR count). The minimum absolute atomic E-state index is 0.0237. The third-order valence-electron chi connectivity index (χ3n) is 3.19. The molecule has 0 atom stereocenters. The minimum Gasteiger partial charge on any atom is -0.480 e. The van der Waals surface area contributed by atoms with Crippen molar-refractivity contribution in [2.45, 2.75) is 31.7 Å². The van der Waals surface area contributed by atoms with E-state index in [1.807, 2.05) is 13.8 Å². The quantitative estimate of drug-likeness (QED) is 0.864. The molecule has 0 spiro atoms. The molecule has 106 valence electrons. The molecule has 0 radical (unpaired) electrons. The van der Waals surface area contributed by atoms with Crippen LogP contribution in [0.1, 0.15) is 20.3 Å². The Kier molecular flexibility index (Phi) is 3.40. The van der Waals surface area contributed by atoms with E-state index in [1.54, 1.807) is 0 Å². The summed E-state index contributed by atoms with van der Waals surface area (Å²) >= 11 is 0. The predicted molar refractivity (Wildman–Crippen MR) is 67.0 cm³/mol. The van der Waals surface area contributed by atoms with Gasteiger partial charge in [-0.3, -0.25) is 9.48 Å². The van der Waals surface area contributed by atoms with Gasteiger partial charge in [-0.25, -0.2) is 8.42 Å². The highest BCUT2D eigenvalue weighted by atomic mass is 32.2. The molecule has 0 bridgehead atoms. The van der Waals surface area contributed by atoms with Crippen LogP contribution in [0.2, 0.25) is 0 Å². The van der Waals surface area contributed by atoms with Gasteiger partial charge in [0, 0.05) is 19.3 Å². The lowest BCUT2D eigenvalue weighted by Gasteiger charge is -2.18. The van der Waals surface area contributed by atoms with Crippen molar-refractivity contribution < 1.29 is 18.3 Å². The maximum absolute atomic E-state index is 12.3. The molecule has 2 heterocycles. The van der Waals surface area contributed by atoms with E-state index in [2.05, 4.69) is 5.10 Å². The van der Waals surface area contributed by atoms with Crippen molar-refractivity contribution in [2.24, 2.45) is 5.41 Å². The first-order valence-electron chi connectivity index (χ1n) is 5.95. The van der Waals surface area contributed by atoms with E-state index >= 15 is 0 Å². The summed E-state index contributed by atoms with van der Waals surface area (Å²) in [4.78, 5) is 10.6. The Hall–Kier alpha value is -1.41. The monoisotopic (exact) mass is 287 g/mol. The van der Waals surface area contributed by atoms with E-state index in [9.17, 15) is 13.2 Å². The first kappa shape index (κ1) is 14.0. The summed E-state index contributed by atoms with van der Waals surface area (Å²) in [6.07, 6.45) is 3.27. The average molecular weight is 287 g/mol. The van der Waals surface area contributed by atoms with Crippen LogP contribution in [0, 0.1) is 5.41 Å². The Morgan fingerprint density at radius 2 is 2.21 bits per heavy atom. The largest absolute Gasteiger partial charge is 0.480 e. The van der Waals surface area contributed by atoms with Crippen LogP contribution < -0.4 is 0 Å². The molecule has 1 fully saturated rings. The van der Waals surface area contributed by atoms with Crippen molar-refractivity contribution in [1.29, 1.82) is 0 Å². The van der Waals surface area contributed by atoms with E-state index in [0.717, 1.165) is 11.1 Å². The van der Waals surface area contributed by atoms with Crippen molar-refractivity contribution in [3.63, 3.8) is 0 Å². The van der Waals surface area contributed by atoms with Crippen molar-refractivity contribution in [3.05, 3.63) is 12.4 Å². The molecule has 0 aliphatic carbocycles. The molecule has 1 saturated heterocycles. The molecule has 1 aliphatic rings. The Labute approximate surface area is 111 Å². The first-order chi connectivity index (χ1) is 8.71. The van der Waals surface area contributed by atoms with Crippen LogP contribution in [0.15, 0.2) is 17.3 Å². The molecule has 1 aliphatic heterocycles. The van der Waals surface area contributed by atoms with E-state index < -0.39 is 16.0 Å². The molecule has 0 amide bonds. The zero-order valence-corrected chi connectivity index (χ0v) is 11.7. The third-order valence-corrected chi connectivity index (χ3v) is 4.99. The lowest BCUT2D eigenvalue weighted by atomic mass is 9.93. The van der Waals surface area contributed by atoms with Crippen LogP contribution in [0.3, 0.4) is 0 Å². The Morgan fingerprint density at radius 3 is 2.74 bits per heavy atom. The molecule has 0 saturated carbocycles. The highest BCUT2D eigenvalue weighted by Crippen LogP contribution is 2.32. The van der Waals surface area contributed by atoms with E-state index in [0.29, 0.717) is 13.1 Å². The van der Waals surface area contributed by atoms with E-state index in [-0.39, 0.29) is 16.9 Å². The zero-order valence-electron chi connectivity index (χ0n) is 10.9. The lowest BCUT2D eigenvalue weighted by molar-refractivity contribution is -0.137. The second-order valence-corrected chi connectivity index (χ2v) is 7.46. The second kappa shape index (κ2) is 4.61. The molecule has 1 aromatic rings. The number of rotatable bonds is 4. The third kappa shape index (κ3) is 2.95. The summed E-state index contributed by atoms with van der Waals surface area (Å²) < 4.78 is 27.2. The lowest BCUT2D eigenvalue weighted by Crippen LogP contribution is -2.30. The molecule has 0 aromatic carbocycles. The molecule has 19 heavy (non-hydrogen) atoms. The van der Waals surface area contributed by atoms with Crippen LogP contribution in [0.5, 0.6) is 0 Å². The SMILES string of the molecule is CC1(C)CCN(S(=O)(=O)c2cnn(CC(=O)O)c2)C1. The summed E-state index contributed by atoms with van der Waals surface area (Å²) in [5.41, 5.74) is -0.0237. The van der Waals surface area contributed by atoms with Crippen molar-refractivity contribution in [3.8, 4) is 0 Å². The summed E-state index contributed by atoms with van der Waals surface area (Å²) in [6.45, 7) is 4.66. The van der Waals surface area contributed by atoms with Gasteiger partial charge in [0.15, 0.2) is 0 Å². The maximum atomic E-state index is 12.3. The summed E-state index contributed by atoms with van der Waals surface area (Å²) in [6, 6.07) is 0. The molecule has 0 unspecified atom stereocenters. The van der Waals surface area contributed by atoms with Gasteiger partial charge in [0.1, 0.15) is 11.4 Å². The van der Waals surface area contributed by atoms with Gasteiger partial charge in [-0.2, -0.15) is 9.40 Å². The first-order valence-corrected chi connectivity index (χ1v) is 7.39. The van der Waals surface area contributed by atoms with E-state index in [4.69, 9.17) is 5.11 Å². The highest BCUT2D eigenvalue weighted by Gasteiger charge is 2.37. The number of sulfonamides is 1. The van der Waals surface area contributed by atoms with Crippen LogP contribution in [0.4, 0.5) is 0 Å². The van der Waals surface area contributed by atoms with Gasteiger partial charge in [-0.1, -0.05) is 13.8 Å². The van der Waals surface area contributed by atoms with Crippen LogP contribution in [-0.4, -0.2) is 46.7 Å². The van der Waals surface area contributed by atoms with Gasteiger partial charge in [0.2, 0.25) is 10.0 Å². The number of aliphatic carboxylic acids is 1. The molecule has 8 heteroatoms. The molecular weight excluding hydrogens is 270 g/mol. The Bertz CT molecular complexity index is 591. The van der Waals surface area contributed by atoms with Crippen molar-refractivity contribution >= 4 is 16.0 Å². The number of nitrogens with zero attached hydrogens (tertiary/aromatic N) is 3. The zero-order chi connectivity index (χ0) is 14.3. The van der Waals surface area contributed by atoms with Crippen LogP contribution in [0.25, 0.3) is 0 Å². The maximum Gasteiger partial charge on any atom is 0.325 e. The van der Waals surface area contributed by atoms with Gasteiger partial charge >= 0.3 is 5.97 Å². The number of aromatic nitrogens is 2. The molecule has 7 nitrogen and oxygen atoms in total. The topological polar surface area (TPSA) is 92.5 Å². The van der Waals surface area contributed by atoms with Gasteiger partial charge in [-0.15, -0.1) is 0 Å². The van der Waals surface area contributed by atoms with E-state index in [1.165, 1.54) is 16.7 Å². The fourth-order valence-corrected chi connectivity index (χ4v) is 3.70. The van der Waals surface area contributed by atoms with Gasteiger partial charge in [0.05, 0.1) is 6.20 Å². The second-order valence-electron chi connectivity index (χ2n) is 5.52. The predicted octanol–water partition coefficient (Wildman–Crippen LogP) is 0.388. The number of hydrogen-bond donors (Lipinski definition) is 1. The smallest absolute Gasteiger partial charge is 0.325 e. The Morgan fingerprint density at radius 1 is 1.53 bits per heavy atom. The molecule has 1 aromatic heterocycles. The number of carboxylic acids is 1. The summed E-state index contributed by atoms with van der Waals surface area (Å²) in [5, 5.41) is 12.4. The normalized spacial score (nSPS) is 19.7. The van der Waals surface area contributed by atoms with Crippen molar-refractivity contribution in [2.75, 3.05) is 13.1 Å². The number of hydrogen-bond acceptors (Lipinski definition) is 4. The van der Waals surface area contributed by atoms with Crippen LogP contribution in [-0.2, 0) is 21.4 Å².